The minimum absolute atomic E-state index is 0.116. The normalized spacial score (nSPS) is 17.8. The van der Waals surface area contributed by atoms with Crippen LogP contribution in [0.15, 0.2) is 30.3 Å². The highest BCUT2D eigenvalue weighted by atomic mass is 16.2. The zero-order valence-corrected chi connectivity index (χ0v) is 15.8. The Bertz CT molecular complexity index is 574. The van der Waals surface area contributed by atoms with E-state index in [1.807, 2.05) is 39.0 Å². The van der Waals surface area contributed by atoms with Gasteiger partial charge in [0.05, 0.1) is 6.04 Å². The summed E-state index contributed by atoms with van der Waals surface area (Å²) in [5.41, 5.74) is 0.715. The number of hydrogen-bond donors (Lipinski definition) is 2. The summed E-state index contributed by atoms with van der Waals surface area (Å²) in [6, 6.07) is 9.94. The molecule has 1 fully saturated rings. The Hall–Kier alpha value is -1.88. The molecule has 2 rings (SSSR count). The van der Waals surface area contributed by atoms with Crippen molar-refractivity contribution < 1.29 is 9.59 Å². The van der Waals surface area contributed by atoms with Crippen LogP contribution < -0.4 is 10.6 Å². The largest absolute Gasteiger partial charge is 0.352 e. The first-order valence-corrected chi connectivity index (χ1v) is 9.16. The molecule has 0 aliphatic carbocycles. The van der Waals surface area contributed by atoms with Crippen molar-refractivity contribution in [1.82, 2.24) is 15.5 Å². The number of hydrogen-bond acceptors (Lipinski definition) is 3. The molecule has 0 radical (unpaired) electrons. The van der Waals surface area contributed by atoms with Crippen molar-refractivity contribution in [3.05, 3.63) is 35.9 Å². The van der Waals surface area contributed by atoms with Gasteiger partial charge in [-0.1, -0.05) is 51.1 Å². The van der Waals surface area contributed by atoms with E-state index in [0.29, 0.717) is 6.54 Å². The van der Waals surface area contributed by atoms with E-state index in [2.05, 4.69) is 27.7 Å². The number of amides is 2. The van der Waals surface area contributed by atoms with Crippen molar-refractivity contribution in [2.24, 2.45) is 5.41 Å². The topological polar surface area (TPSA) is 61.4 Å². The van der Waals surface area contributed by atoms with Crippen LogP contribution in [0.3, 0.4) is 0 Å². The van der Waals surface area contributed by atoms with Crippen LogP contribution in [0.25, 0.3) is 0 Å². The number of nitrogens with one attached hydrogen (secondary N) is 2. The van der Waals surface area contributed by atoms with Gasteiger partial charge in [-0.2, -0.15) is 0 Å². The monoisotopic (exact) mass is 345 g/mol. The molecule has 1 aromatic carbocycles. The first-order valence-electron chi connectivity index (χ1n) is 9.16. The summed E-state index contributed by atoms with van der Waals surface area (Å²) < 4.78 is 0. The van der Waals surface area contributed by atoms with E-state index in [0.717, 1.165) is 13.1 Å². The summed E-state index contributed by atoms with van der Waals surface area (Å²) in [6.07, 6.45) is 2.41. The van der Waals surface area contributed by atoms with Crippen LogP contribution in [0.2, 0.25) is 0 Å². The lowest BCUT2D eigenvalue weighted by Crippen LogP contribution is -2.49. The quantitative estimate of drug-likeness (QED) is 0.833. The molecule has 5 nitrogen and oxygen atoms in total. The molecule has 0 saturated carbocycles. The summed E-state index contributed by atoms with van der Waals surface area (Å²) in [5.74, 6) is -0.257. The predicted octanol–water partition coefficient (Wildman–Crippen LogP) is 2.49. The van der Waals surface area contributed by atoms with Gasteiger partial charge in [-0.3, -0.25) is 14.5 Å². The predicted molar refractivity (Wildman–Crippen MR) is 100 cm³/mol. The van der Waals surface area contributed by atoms with Gasteiger partial charge in [0.25, 0.3) is 0 Å². The standard InChI is InChI=1S/C20H31N3O2/c1-15(22-19(25)20(2,3)4)18(24)21-14-17(23-12-8-9-13-23)16-10-6-5-7-11-16/h5-7,10-11,15,17H,8-9,12-14H2,1-4H3,(H,21,24)(H,22,25). The number of carbonyl (C=O) groups excluding carboxylic acids is 2. The smallest absolute Gasteiger partial charge is 0.242 e. The summed E-state index contributed by atoms with van der Waals surface area (Å²) in [6.45, 7) is 9.92. The molecule has 1 aromatic rings. The maximum Gasteiger partial charge on any atom is 0.242 e. The zero-order chi connectivity index (χ0) is 18.4. The highest BCUT2D eigenvalue weighted by molar-refractivity contribution is 5.89. The Labute approximate surface area is 151 Å². The third-order valence-corrected chi connectivity index (χ3v) is 4.66. The van der Waals surface area contributed by atoms with Gasteiger partial charge in [-0.15, -0.1) is 0 Å². The number of benzene rings is 1. The van der Waals surface area contributed by atoms with E-state index < -0.39 is 11.5 Å². The number of likely N-dealkylation sites (tertiary alicyclic amines) is 1. The molecule has 5 heteroatoms. The molecular formula is C20H31N3O2. The fourth-order valence-electron chi connectivity index (χ4n) is 3.02. The van der Waals surface area contributed by atoms with E-state index in [-0.39, 0.29) is 17.9 Å². The van der Waals surface area contributed by atoms with Gasteiger partial charge in [0.2, 0.25) is 11.8 Å². The Morgan fingerprint density at radius 1 is 1.12 bits per heavy atom. The van der Waals surface area contributed by atoms with Crippen molar-refractivity contribution >= 4 is 11.8 Å². The molecule has 2 amide bonds. The molecule has 138 valence electrons. The van der Waals surface area contributed by atoms with Crippen LogP contribution in [0.1, 0.15) is 52.1 Å². The Kier molecular flexibility index (Phi) is 6.59. The van der Waals surface area contributed by atoms with Crippen molar-refractivity contribution in [1.29, 1.82) is 0 Å². The molecule has 1 heterocycles. The van der Waals surface area contributed by atoms with Crippen molar-refractivity contribution in [3.8, 4) is 0 Å². The highest BCUT2D eigenvalue weighted by Gasteiger charge is 2.27. The zero-order valence-electron chi connectivity index (χ0n) is 15.8. The average Bonchev–Trinajstić information content (AvgIpc) is 3.09. The SMILES string of the molecule is CC(NC(=O)C(C)(C)C)C(=O)NCC(c1ccccc1)N1CCCC1. The summed E-state index contributed by atoms with van der Waals surface area (Å²) in [5, 5.41) is 5.81. The molecular weight excluding hydrogens is 314 g/mol. The minimum Gasteiger partial charge on any atom is -0.352 e. The maximum atomic E-state index is 12.4. The van der Waals surface area contributed by atoms with E-state index >= 15 is 0 Å². The lowest BCUT2D eigenvalue weighted by Gasteiger charge is -2.29. The second-order valence-electron chi connectivity index (χ2n) is 7.86. The second-order valence-corrected chi connectivity index (χ2v) is 7.86. The summed E-state index contributed by atoms with van der Waals surface area (Å²) >= 11 is 0. The fourth-order valence-corrected chi connectivity index (χ4v) is 3.02. The molecule has 0 aromatic heterocycles. The van der Waals surface area contributed by atoms with E-state index in [4.69, 9.17) is 0 Å². The van der Waals surface area contributed by atoms with Gasteiger partial charge in [0.1, 0.15) is 6.04 Å². The number of carbonyl (C=O) groups is 2. The molecule has 2 N–H and O–H groups in total. The Morgan fingerprint density at radius 2 is 1.72 bits per heavy atom. The minimum atomic E-state index is -0.540. The second kappa shape index (κ2) is 8.48. The number of rotatable bonds is 6. The molecule has 2 atom stereocenters. The lowest BCUT2D eigenvalue weighted by atomic mass is 9.95. The maximum absolute atomic E-state index is 12.4. The third-order valence-electron chi connectivity index (χ3n) is 4.66. The van der Waals surface area contributed by atoms with Crippen molar-refractivity contribution in [2.45, 2.75) is 52.6 Å². The summed E-state index contributed by atoms with van der Waals surface area (Å²) in [7, 11) is 0. The first-order chi connectivity index (χ1) is 11.8. The highest BCUT2D eigenvalue weighted by Crippen LogP contribution is 2.24. The molecule has 2 unspecified atom stereocenters. The number of nitrogens with zero attached hydrogens (tertiary/aromatic N) is 1. The average molecular weight is 345 g/mol. The van der Waals surface area contributed by atoms with E-state index in [1.165, 1.54) is 18.4 Å². The van der Waals surface area contributed by atoms with Gasteiger partial charge < -0.3 is 10.6 Å². The van der Waals surface area contributed by atoms with Crippen molar-refractivity contribution in [2.75, 3.05) is 19.6 Å². The van der Waals surface area contributed by atoms with Crippen LogP contribution >= 0.6 is 0 Å². The van der Waals surface area contributed by atoms with Gasteiger partial charge in [-0.05, 0) is 38.4 Å². The van der Waals surface area contributed by atoms with Crippen LogP contribution in [-0.4, -0.2) is 42.4 Å². The molecule has 0 spiro atoms. The van der Waals surface area contributed by atoms with Crippen LogP contribution in [0.5, 0.6) is 0 Å². The third kappa shape index (κ3) is 5.56. The molecule has 1 aliphatic rings. The van der Waals surface area contributed by atoms with Crippen molar-refractivity contribution in [3.63, 3.8) is 0 Å². The molecule has 25 heavy (non-hydrogen) atoms. The fraction of sp³-hybridized carbons (Fsp3) is 0.600. The van der Waals surface area contributed by atoms with E-state index in [1.54, 1.807) is 6.92 Å². The van der Waals surface area contributed by atoms with Crippen LogP contribution in [0.4, 0.5) is 0 Å². The lowest BCUT2D eigenvalue weighted by molar-refractivity contribution is -0.133. The van der Waals surface area contributed by atoms with Gasteiger partial charge in [0.15, 0.2) is 0 Å². The summed E-state index contributed by atoms with van der Waals surface area (Å²) in [4.78, 5) is 26.9. The molecule has 0 bridgehead atoms. The molecule has 1 saturated heterocycles. The van der Waals surface area contributed by atoms with Gasteiger partial charge >= 0.3 is 0 Å². The van der Waals surface area contributed by atoms with Crippen LogP contribution in [0, 0.1) is 5.41 Å². The van der Waals surface area contributed by atoms with Crippen LogP contribution in [-0.2, 0) is 9.59 Å². The molecule has 1 aliphatic heterocycles. The Morgan fingerprint density at radius 3 is 2.28 bits per heavy atom. The van der Waals surface area contributed by atoms with Gasteiger partial charge in [-0.25, -0.2) is 0 Å². The Balaban J connectivity index is 1.95. The van der Waals surface area contributed by atoms with Gasteiger partial charge in [0, 0.05) is 12.0 Å². The first kappa shape index (κ1) is 19.4. The van der Waals surface area contributed by atoms with E-state index in [9.17, 15) is 9.59 Å².